The van der Waals surface area contributed by atoms with Gasteiger partial charge in [0, 0.05) is 10.6 Å². The first-order valence-electron chi connectivity index (χ1n) is 6.07. The molecule has 5 heteroatoms. The normalized spacial score (nSPS) is 12.9. The Morgan fingerprint density at radius 2 is 2.16 bits per heavy atom. The summed E-state index contributed by atoms with van der Waals surface area (Å²) in [6.07, 6.45) is -0.488. The molecule has 0 saturated heterocycles. The largest absolute Gasteiger partial charge is 0.496 e. The van der Waals surface area contributed by atoms with Gasteiger partial charge in [-0.25, -0.2) is 0 Å². The van der Waals surface area contributed by atoms with Crippen molar-refractivity contribution in [3.63, 3.8) is 0 Å². The molecule has 1 aromatic carbocycles. The maximum absolute atomic E-state index is 12.0. The molecular formula is C14H20ClNO3. The molecule has 0 radical (unpaired) electrons. The van der Waals surface area contributed by atoms with Crippen LogP contribution in [-0.2, 0) is 11.2 Å². The zero-order valence-electron chi connectivity index (χ0n) is 11.7. The van der Waals surface area contributed by atoms with E-state index in [1.165, 1.54) is 0 Å². The van der Waals surface area contributed by atoms with Crippen LogP contribution >= 0.6 is 11.6 Å². The molecule has 0 fully saturated rings. The lowest BCUT2D eigenvalue weighted by atomic mass is 9.98. The number of carbonyl (C=O) groups excluding carboxylic acids is 1. The Balaban J connectivity index is 2.80. The second-order valence-corrected chi connectivity index (χ2v) is 5.52. The third-order valence-electron chi connectivity index (χ3n) is 3.10. The minimum Gasteiger partial charge on any atom is -0.496 e. The van der Waals surface area contributed by atoms with Crippen molar-refractivity contribution < 1.29 is 14.6 Å². The second-order valence-electron chi connectivity index (χ2n) is 5.08. The predicted molar refractivity (Wildman–Crippen MR) is 75.6 cm³/mol. The lowest BCUT2D eigenvalue weighted by Crippen LogP contribution is -2.51. The van der Waals surface area contributed by atoms with E-state index in [9.17, 15) is 9.90 Å². The summed E-state index contributed by atoms with van der Waals surface area (Å²) in [6, 6.07) is 5.14. The van der Waals surface area contributed by atoms with E-state index >= 15 is 0 Å². The van der Waals surface area contributed by atoms with E-state index in [1.807, 2.05) is 0 Å². The van der Waals surface area contributed by atoms with Gasteiger partial charge in [-0.3, -0.25) is 4.79 Å². The number of aliphatic hydroxyl groups excluding tert-OH is 1. The van der Waals surface area contributed by atoms with Crippen LogP contribution < -0.4 is 10.1 Å². The fraction of sp³-hybridized carbons (Fsp3) is 0.500. The smallest absolute Gasteiger partial charge is 0.225 e. The molecule has 4 nitrogen and oxygen atoms in total. The zero-order valence-corrected chi connectivity index (χ0v) is 12.4. The third-order valence-corrected chi connectivity index (χ3v) is 3.33. The van der Waals surface area contributed by atoms with Crippen LogP contribution in [0.25, 0.3) is 0 Å². The van der Waals surface area contributed by atoms with Crippen molar-refractivity contribution in [2.24, 2.45) is 0 Å². The lowest BCUT2D eigenvalue weighted by molar-refractivity contribution is -0.123. The number of hydrogen-bond acceptors (Lipinski definition) is 3. The number of methoxy groups -OCH3 is 1. The van der Waals surface area contributed by atoms with Crippen LogP contribution in [0, 0.1) is 0 Å². The molecule has 0 aliphatic heterocycles. The molecule has 0 aliphatic rings. The minimum atomic E-state index is -0.678. The molecule has 0 aliphatic carbocycles. The van der Waals surface area contributed by atoms with E-state index in [0.717, 1.165) is 0 Å². The van der Waals surface area contributed by atoms with Crippen LogP contribution in [0.4, 0.5) is 0 Å². The van der Waals surface area contributed by atoms with E-state index < -0.39 is 11.6 Å². The quantitative estimate of drug-likeness (QED) is 0.872. The maximum atomic E-state index is 12.0. The van der Waals surface area contributed by atoms with Crippen molar-refractivity contribution in [3.8, 4) is 5.75 Å². The summed E-state index contributed by atoms with van der Waals surface area (Å²) >= 11 is 5.91. The molecule has 106 valence electrons. The molecule has 0 saturated carbocycles. The molecule has 1 atom stereocenters. The Kier molecular flexibility index (Phi) is 5.20. The van der Waals surface area contributed by atoms with Crippen molar-refractivity contribution in [1.82, 2.24) is 5.32 Å². The molecule has 1 amide bonds. The Morgan fingerprint density at radius 1 is 1.53 bits per heavy atom. The van der Waals surface area contributed by atoms with Gasteiger partial charge in [0.2, 0.25) is 5.91 Å². The van der Waals surface area contributed by atoms with Gasteiger partial charge in [-0.2, -0.15) is 0 Å². The first kappa shape index (κ1) is 15.8. The summed E-state index contributed by atoms with van der Waals surface area (Å²) in [4.78, 5) is 12.0. The molecule has 1 unspecified atom stereocenters. The highest BCUT2D eigenvalue weighted by molar-refractivity contribution is 6.30. The van der Waals surface area contributed by atoms with Crippen LogP contribution in [0.15, 0.2) is 18.2 Å². The van der Waals surface area contributed by atoms with Gasteiger partial charge in [-0.05, 0) is 39.0 Å². The first-order valence-corrected chi connectivity index (χ1v) is 6.45. The topological polar surface area (TPSA) is 58.6 Å². The number of ether oxygens (including phenoxy) is 1. The highest BCUT2D eigenvalue weighted by Crippen LogP contribution is 2.23. The summed E-state index contributed by atoms with van der Waals surface area (Å²) in [6.45, 7) is 5.18. The van der Waals surface area contributed by atoms with Gasteiger partial charge in [0.25, 0.3) is 0 Å². The van der Waals surface area contributed by atoms with Crippen molar-refractivity contribution in [1.29, 1.82) is 0 Å². The molecule has 19 heavy (non-hydrogen) atoms. The molecule has 1 aromatic rings. The number of amides is 1. The third kappa shape index (κ3) is 4.40. The number of benzene rings is 1. The monoisotopic (exact) mass is 285 g/mol. The summed E-state index contributed by atoms with van der Waals surface area (Å²) in [5, 5.41) is 12.9. The van der Waals surface area contributed by atoms with Crippen LogP contribution in [0.1, 0.15) is 26.3 Å². The van der Waals surface area contributed by atoms with Crippen molar-refractivity contribution in [2.75, 3.05) is 7.11 Å². The number of carbonyl (C=O) groups is 1. The molecule has 0 heterocycles. The summed E-state index contributed by atoms with van der Waals surface area (Å²) < 4.78 is 5.19. The second kappa shape index (κ2) is 6.26. The predicted octanol–water partition coefficient (Wildman–Crippen LogP) is 2.17. The Labute approximate surface area is 118 Å². The fourth-order valence-corrected chi connectivity index (χ4v) is 1.76. The number of halogens is 1. The number of rotatable bonds is 5. The molecule has 2 N–H and O–H groups in total. The van der Waals surface area contributed by atoms with Crippen LogP contribution in [0.5, 0.6) is 5.75 Å². The first-order chi connectivity index (χ1) is 8.76. The van der Waals surface area contributed by atoms with Gasteiger partial charge in [0.1, 0.15) is 5.75 Å². The average molecular weight is 286 g/mol. The molecule has 0 aromatic heterocycles. The average Bonchev–Trinajstić information content (AvgIpc) is 2.28. The summed E-state index contributed by atoms with van der Waals surface area (Å²) in [7, 11) is 1.55. The minimum absolute atomic E-state index is 0.153. The highest BCUT2D eigenvalue weighted by atomic mass is 35.5. The van der Waals surface area contributed by atoms with Crippen LogP contribution in [-0.4, -0.2) is 29.8 Å². The summed E-state index contributed by atoms with van der Waals surface area (Å²) in [5.74, 6) is 0.431. The van der Waals surface area contributed by atoms with Gasteiger partial charge in [-0.15, -0.1) is 0 Å². The van der Waals surface area contributed by atoms with E-state index in [0.29, 0.717) is 16.3 Å². The Bertz CT molecular complexity index is 458. The standard InChI is InChI=1S/C14H20ClNO3/c1-9(17)14(2,3)16-13(18)8-10-7-11(15)5-6-12(10)19-4/h5-7,9,17H,8H2,1-4H3,(H,16,18). The van der Waals surface area contributed by atoms with Crippen molar-refractivity contribution in [2.45, 2.75) is 38.8 Å². The molecule has 1 rings (SSSR count). The lowest BCUT2D eigenvalue weighted by Gasteiger charge is -2.29. The molecule has 0 spiro atoms. The van der Waals surface area contributed by atoms with Crippen LogP contribution in [0.2, 0.25) is 5.02 Å². The van der Waals surface area contributed by atoms with Gasteiger partial charge < -0.3 is 15.2 Å². The van der Waals surface area contributed by atoms with E-state index in [2.05, 4.69) is 5.32 Å². The Hall–Kier alpha value is -1.26. The number of nitrogens with one attached hydrogen (secondary N) is 1. The maximum Gasteiger partial charge on any atom is 0.225 e. The van der Waals surface area contributed by atoms with Crippen molar-refractivity contribution >= 4 is 17.5 Å². The fourth-order valence-electron chi connectivity index (χ4n) is 1.57. The summed E-state index contributed by atoms with van der Waals surface area (Å²) in [5.41, 5.74) is 0.0389. The van der Waals surface area contributed by atoms with Crippen molar-refractivity contribution in [3.05, 3.63) is 28.8 Å². The number of aliphatic hydroxyl groups is 1. The highest BCUT2D eigenvalue weighted by Gasteiger charge is 2.26. The van der Waals surface area contributed by atoms with Gasteiger partial charge >= 0.3 is 0 Å². The molecular weight excluding hydrogens is 266 g/mol. The molecule has 0 bridgehead atoms. The van der Waals surface area contributed by atoms with E-state index in [1.54, 1.807) is 46.1 Å². The van der Waals surface area contributed by atoms with E-state index in [4.69, 9.17) is 16.3 Å². The van der Waals surface area contributed by atoms with E-state index in [-0.39, 0.29) is 12.3 Å². The SMILES string of the molecule is COc1ccc(Cl)cc1CC(=O)NC(C)(C)C(C)O. The van der Waals surface area contributed by atoms with Gasteiger partial charge in [0.05, 0.1) is 25.2 Å². The Morgan fingerprint density at radius 3 is 2.68 bits per heavy atom. The van der Waals surface area contributed by atoms with Gasteiger partial charge in [0.15, 0.2) is 0 Å². The number of hydrogen-bond donors (Lipinski definition) is 2. The zero-order chi connectivity index (χ0) is 14.6. The van der Waals surface area contributed by atoms with Crippen LogP contribution in [0.3, 0.4) is 0 Å². The van der Waals surface area contributed by atoms with Gasteiger partial charge in [-0.1, -0.05) is 11.6 Å².